The van der Waals surface area contributed by atoms with Gasteiger partial charge in [0.05, 0.1) is 5.70 Å². The van der Waals surface area contributed by atoms with E-state index in [2.05, 4.69) is 13.8 Å². The maximum Gasteiger partial charge on any atom is 0.227 e. The summed E-state index contributed by atoms with van der Waals surface area (Å²) in [6.07, 6.45) is 25.1. The standard InChI is InChI=1S/C20H41.C12H13N3O2.Al.2H/c1-4-6-8-10-12-13-15-17-19-20(3)18-16-14-11-9-7-5-2;16-9-7-8(13-1-2-13)12(17)11(15-5-6-15)10(9)14-3-4-14;;;/h20H,3-19H2,1-2H3;7H,1-6H2;;;. The molecule has 3 saturated heterocycles. The lowest BCUT2D eigenvalue weighted by atomic mass is 9.95. The zero-order chi connectivity index (χ0) is 27.2. The first-order valence-electron chi connectivity index (χ1n) is 16.4. The van der Waals surface area contributed by atoms with Gasteiger partial charge in [-0.05, 0) is 0 Å². The highest BCUT2D eigenvalue weighted by atomic mass is 27.0. The van der Waals surface area contributed by atoms with Gasteiger partial charge in [0, 0.05) is 45.3 Å². The fourth-order valence-corrected chi connectivity index (χ4v) is 6.42. The van der Waals surface area contributed by atoms with E-state index in [4.69, 9.17) is 0 Å². The molecule has 0 saturated carbocycles. The van der Waals surface area contributed by atoms with E-state index in [1.807, 2.05) is 14.7 Å². The molecule has 0 aromatic rings. The molecule has 0 aromatic heterocycles. The van der Waals surface area contributed by atoms with Gasteiger partial charge in [-0.3, -0.25) is 9.59 Å². The van der Waals surface area contributed by atoms with Crippen molar-refractivity contribution in [3.8, 4) is 0 Å². The minimum Gasteiger partial charge on any atom is -0.365 e. The first kappa shape index (κ1) is 31.3. The summed E-state index contributed by atoms with van der Waals surface area (Å²) in [5.74, 6) is 1.13. The van der Waals surface area contributed by atoms with Crippen LogP contribution in [0.2, 0.25) is 5.28 Å². The molecule has 0 amide bonds. The summed E-state index contributed by atoms with van der Waals surface area (Å²) in [6, 6.07) is 0. The van der Waals surface area contributed by atoms with Crippen LogP contribution in [-0.4, -0.2) is 81.8 Å². The third-order valence-electron chi connectivity index (χ3n) is 8.50. The molecule has 4 aliphatic rings. The number of hydrogen-bond acceptors (Lipinski definition) is 5. The molecular formula is C32H56AlN3O2. The van der Waals surface area contributed by atoms with Crippen molar-refractivity contribution in [2.45, 2.75) is 122 Å². The van der Waals surface area contributed by atoms with Crippen LogP contribution in [0.4, 0.5) is 0 Å². The van der Waals surface area contributed by atoms with Crippen LogP contribution in [0, 0.1) is 5.92 Å². The van der Waals surface area contributed by atoms with E-state index < -0.39 is 0 Å². The molecule has 0 aromatic carbocycles. The number of allylic oxidation sites excluding steroid dienone is 1. The SMILES string of the molecule is CCCCCCCCCCC([CH2][AlH2])CCCCCCCC.O=C1C=C(N2CC2)C(=O)C(N2CC2)=C1N1CC1. The Hall–Kier alpha value is -1.25. The minimum atomic E-state index is 0.00546. The Bertz CT molecular complexity index is 797. The predicted molar refractivity (Wildman–Crippen MR) is 162 cm³/mol. The van der Waals surface area contributed by atoms with Crippen molar-refractivity contribution in [2.24, 2.45) is 5.92 Å². The van der Waals surface area contributed by atoms with Crippen LogP contribution in [0.1, 0.15) is 117 Å². The molecule has 0 spiro atoms. The molecule has 38 heavy (non-hydrogen) atoms. The lowest BCUT2D eigenvalue weighted by Crippen LogP contribution is -2.29. The number of Topliss-reactive ketones (excluding diaryl/α,β-unsaturated/α-hetero) is 1. The quantitative estimate of drug-likeness (QED) is 0.0805. The molecular weight excluding hydrogens is 485 g/mol. The van der Waals surface area contributed by atoms with E-state index in [0.29, 0.717) is 17.1 Å². The van der Waals surface area contributed by atoms with Crippen molar-refractivity contribution < 1.29 is 9.59 Å². The Kier molecular flexibility index (Phi) is 14.4. The van der Waals surface area contributed by atoms with E-state index >= 15 is 0 Å². The maximum atomic E-state index is 12.4. The molecule has 3 heterocycles. The van der Waals surface area contributed by atoms with Crippen LogP contribution in [-0.2, 0) is 9.59 Å². The van der Waals surface area contributed by atoms with Crippen LogP contribution in [0.5, 0.6) is 0 Å². The van der Waals surface area contributed by atoms with Gasteiger partial charge >= 0.3 is 0 Å². The molecule has 1 atom stereocenters. The highest BCUT2D eigenvalue weighted by Crippen LogP contribution is 2.34. The molecule has 0 radical (unpaired) electrons. The number of carbonyl (C=O) groups is 2. The predicted octanol–water partition coefficient (Wildman–Crippen LogP) is 6.12. The molecule has 5 nitrogen and oxygen atoms in total. The topological polar surface area (TPSA) is 43.2 Å². The van der Waals surface area contributed by atoms with Crippen molar-refractivity contribution in [3.05, 3.63) is 23.2 Å². The molecule has 0 bridgehead atoms. The van der Waals surface area contributed by atoms with Crippen molar-refractivity contribution in [2.75, 3.05) is 39.3 Å². The summed E-state index contributed by atoms with van der Waals surface area (Å²) in [6.45, 7) is 10.0. The van der Waals surface area contributed by atoms with Crippen LogP contribution in [0.15, 0.2) is 23.2 Å². The second-order valence-corrected chi connectivity index (χ2v) is 12.8. The molecule has 0 N–H and O–H groups in total. The molecule has 4 rings (SSSR count). The van der Waals surface area contributed by atoms with Crippen LogP contribution >= 0.6 is 0 Å². The highest BCUT2D eigenvalue weighted by Gasteiger charge is 2.43. The number of carbonyl (C=O) groups excluding carboxylic acids is 2. The van der Waals surface area contributed by atoms with E-state index in [1.165, 1.54) is 125 Å². The average Bonchev–Trinajstić information content (AvgIpc) is 3.77. The lowest BCUT2D eigenvalue weighted by Gasteiger charge is -2.21. The van der Waals surface area contributed by atoms with Gasteiger partial charge in [-0.25, -0.2) is 0 Å². The summed E-state index contributed by atoms with van der Waals surface area (Å²) < 4.78 is 0. The summed E-state index contributed by atoms with van der Waals surface area (Å²) in [5.41, 5.74) is 1.89. The van der Waals surface area contributed by atoms with Gasteiger partial charge in [-0.2, -0.15) is 0 Å². The second kappa shape index (κ2) is 17.4. The molecule has 3 aliphatic heterocycles. The van der Waals surface area contributed by atoms with Crippen molar-refractivity contribution in [1.29, 1.82) is 0 Å². The average molecular weight is 542 g/mol. The Morgan fingerprint density at radius 1 is 0.632 bits per heavy atom. The van der Waals surface area contributed by atoms with Crippen molar-refractivity contribution in [3.63, 3.8) is 0 Å². The number of unbranched alkanes of at least 4 members (excludes halogenated alkanes) is 12. The molecule has 214 valence electrons. The zero-order valence-corrected chi connectivity index (χ0v) is 27.1. The first-order valence-corrected chi connectivity index (χ1v) is 17.8. The van der Waals surface area contributed by atoms with Crippen LogP contribution in [0.25, 0.3) is 0 Å². The Labute approximate surface area is 241 Å². The monoisotopic (exact) mass is 541 g/mol. The Morgan fingerprint density at radius 3 is 1.47 bits per heavy atom. The van der Waals surface area contributed by atoms with Gasteiger partial charge in [0.25, 0.3) is 0 Å². The van der Waals surface area contributed by atoms with Crippen LogP contribution < -0.4 is 0 Å². The number of hydrogen-bond donors (Lipinski definition) is 0. The smallest absolute Gasteiger partial charge is 0.227 e. The summed E-state index contributed by atoms with van der Waals surface area (Å²) in [5, 5.41) is 1.55. The third-order valence-corrected chi connectivity index (χ3v) is 9.65. The van der Waals surface area contributed by atoms with Crippen LogP contribution in [0.3, 0.4) is 0 Å². The summed E-state index contributed by atoms with van der Waals surface area (Å²) >= 11 is 1.41. The maximum absolute atomic E-state index is 12.4. The summed E-state index contributed by atoms with van der Waals surface area (Å²) in [7, 11) is 0. The van der Waals surface area contributed by atoms with E-state index in [-0.39, 0.29) is 11.6 Å². The third kappa shape index (κ3) is 11.1. The fourth-order valence-electron chi connectivity index (χ4n) is 5.61. The van der Waals surface area contributed by atoms with E-state index in [0.717, 1.165) is 45.2 Å². The lowest BCUT2D eigenvalue weighted by molar-refractivity contribution is -0.117. The Balaban J connectivity index is 0.000000213. The normalized spacial score (nSPS) is 18.9. The zero-order valence-electron chi connectivity index (χ0n) is 25.1. The Morgan fingerprint density at radius 2 is 1.05 bits per heavy atom. The molecule has 6 heteroatoms. The van der Waals surface area contributed by atoms with Gasteiger partial charge < -0.3 is 14.7 Å². The number of rotatable bonds is 20. The first-order chi connectivity index (χ1) is 18.6. The molecule has 1 unspecified atom stereocenters. The van der Waals surface area contributed by atoms with Gasteiger partial charge in [0.1, 0.15) is 11.4 Å². The van der Waals surface area contributed by atoms with E-state index in [1.54, 1.807) is 5.28 Å². The molecule has 1 aliphatic carbocycles. The fraction of sp³-hybridized carbons (Fsp3) is 0.812. The summed E-state index contributed by atoms with van der Waals surface area (Å²) in [4.78, 5) is 30.5. The van der Waals surface area contributed by atoms with E-state index in [9.17, 15) is 9.59 Å². The van der Waals surface area contributed by atoms with Gasteiger partial charge in [-0.15, -0.1) is 0 Å². The van der Waals surface area contributed by atoms with Crippen molar-refractivity contribution in [1.82, 2.24) is 14.7 Å². The number of ketones is 2. The van der Waals surface area contributed by atoms with Crippen molar-refractivity contribution >= 4 is 27.9 Å². The number of nitrogens with zero attached hydrogens (tertiary/aromatic N) is 3. The molecule has 3 fully saturated rings. The van der Waals surface area contributed by atoms with Gasteiger partial charge in [-0.1, -0.05) is 128 Å². The minimum absolute atomic E-state index is 0.00546. The largest absolute Gasteiger partial charge is 0.365 e. The second-order valence-electron chi connectivity index (χ2n) is 12.0. The van der Waals surface area contributed by atoms with Gasteiger partial charge in [0.15, 0.2) is 0 Å². The highest BCUT2D eigenvalue weighted by molar-refractivity contribution is 6.22. The van der Waals surface area contributed by atoms with Gasteiger partial charge in [0.2, 0.25) is 27.9 Å².